The van der Waals surface area contributed by atoms with E-state index in [1.54, 1.807) is 0 Å². The zero-order valence-electron chi connectivity index (χ0n) is 17.3. The van der Waals surface area contributed by atoms with Gasteiger partial charge in [-0.15, -0.1) is 0 Å². The van der Waals surface area contributed by atoms with Crippen LogP contribution < -0.4 is 0 Å². The Hall–Kier alpha value is 0.539. The fraction of sp³-hybridized carbons (Fsp3) is 0.900. The molecule has 126 valence electrons. The fourth-order valence-electron chi connectivity index (χ4n) is 3.65. The van der Waals surface area contributed by atoms with Crippen molar-refractivity contribution in [1.29, 1.82) is 0 Å². The number of rotatable bonds is 14. The molecule has 0 aromatic rings. The Bertz CT molecular complexity index is 280. The van der Waals surface area contributed by atoms with Crippen LogP contribution in [-0.2, 0) is 0 Å². The van der Waals surface area contributed by atoms with Crippen molar-refractivity contribution in [3.8, 4) is 0 Å². The van der Waals surface area contributed by atoms with Crippen LogP contribution in [0.4, 0.5) is 0 Å². The number of hydrogen-bond donors (Lipinski definition) is 0. The summed E-state index contributed by atoms with van der Waals surface area (Å²) in [6.45, 7) is 9.43. The molecule has 0 aromatic heterocycles. The SMILES string of the molecule is [2H]C/C([2H])=C\[C@@H](CCCC)[Sn]([CH2]CCC)([CH2]CCC)[CH2]CCC. The van der Waals surface area contributed by atoms with Crippen molar-refractivity contribution in [3.63, 3.8) is 0 Å². The van der Waals surface area contributed by atoms with Crippen molar-refractivity contribution in [2.24, 2.45) is 0 Å². The molecule has 0 spiro atoms. The summed E-state index contributed by atoms with van der Waals surface area (Å²) >= 11 is -2.28. The molecule has 0 saturated heterocycles. The molecule has 1 atom stereocenters. The number of hydrogen-bond acceptors (Lipinski definition) is 0. The van der Waals surface area contributed by atoms with Gasteiger partial charge in [0.1, 0.15) is 0 Å². The van der Waals surface area contributed by atoms with Gasteiger partial charge in [-0.25, -0.2) is 0 Å². The van der Waals surface area contributed by atoms with Crippen molar-refractivity contribution in [3.05, 3.63) is 12.1 Å². The van der Waals surface area contributed by atoms with E-state index in [4.69, 9.17) is 2.74 Å². The van der Waals surface area contributed by atoms with Gasteiger partial charge in [0.15, 0.2) is 0 Å². The molecule has 0 bridgehead atoms. The van der Waals surface area contributed by atoms with Crippen LogP contribution in [0.15, 0.2) is 12.1 Å². The Labute approximate surface area is 142 Å². The molecule has 1 heteroatoms. The van der Waals surface area contributed by atoms with Crippen molar-refractivity contribution < 1.29 is 2.74 Å². The van der Waals surface area contributed by atoms with Gasteiger partial charge < -0.3 is 0 Å². The quantitative estimate of drug-likeness (QED) is 0.204. The van der Waals surface area contributed by atoms with Crippen LogP contribution in [0.3, 0.4) is 0 Å². The van der Waals surface area contributed by atoms with Gasteiger partial charge in [0.2, 0.25) is 0 Å². The predicted molar refractivity (Wildman–Crippen MR) is 103 cm³/mol. The van der Waals surface area contributed by atoms with E-state index >= 15 is 0 Å². The number of allylic oxidation sites excluding steroid dienone is 2. The summed E-state index contributed by atoms with van der Waals surface area (Å²) in [6, 6.07) is 0.580. The van der Waals surface area contributed by atoms with Crippen molar-refractivity contribution >= 4 is 18.4 Å². The van der Waals surface area contributed by atoms with Crippen molar-refractivity contribution in [2.45, 2.75) is 110 Å². The van der Waals surface area contributed by atoms with Crippen LogP contribution in [0, 0.1) is 0 Å². The van der Waals surface area contributed by atoms with E-state index in [1.165, 1.54) is 71.1 Å². The van der Waals surface area contributed by atoms with E-state index in [1.807, 2.05) is 0 Å². The second-order valence-corrected chi connectivity index (χ2v) is 21.0. The Morgan fingerprint density at radius 1 is 0.857 bits per heavy atom. The first kappa shape index (κ1) is 17.9. The fourth-order valence-corrected chi connectivity index (χ4v) is 21.7. The molecule has 0 rings (SSSR count). The van der Waals surface area contributed by atoms with Crippen molar-refractivity contribution in [1.82, 2.24) is 0 Å². The molecule has 0 heterocycles. The Morgan fingerprint density at radius 3 is 1.71 bits per heavy atom. The van der Waals surface area contributed by atoms with E-state index in [2.05, 4.69) is 33.8 Å². The normalized spacial score (nSPS) is 15.7. The van der Waals surface area contributed by atoms with Crippen LogP contribution in [0.5, 0.6) is 0 Å². The molecular formula is C20H42Sn. The minimum absolute atomic E-state index is 0.167. The van der Waals surface area contributed by atoms with E-state index in [0.717, 1.165) is 0 Å². The Balaban J connectivity index is 5.49. The molecule has 0 amide bonds. The van der Waals surface area contributed by atoms with E-state index in [0.29, 0.717) is 9.99 Å². The van der Waals surface area contributed by atoms with Crippen LogP contribution in [-0.4, -0.2) is 18.4 Å². The van der Waals surface area contributed by atoms with Gasteiger partial charge in [-0.3, -0.25) is 0 Å². The number of unbranched alkanes of at least 4 members (excludes halogenated alkanes) is 4. The Kier molecular flexibility index (Phi) is 12.1. The van der Waals surface area contributed by atoms with Gasteiger partial charge in [0, 0.05) is 0 Å². The summed E-state index contributed by atoms with van der Waals surface area (Å²) in [5.41, 5.74) is 0. The molecule has 0 nitrogen and oxygen atoms in total. The molecule has 0 aliphatic carbocycles. The second kappa shape index (κ2) is 14.2. The molecular weight excluding hydrogens is 359 g/mol. The minimum atomic E-state index is -2.28. The summed E-state index contributed by atoms with van der Waals surface area (Å²) in [4.78, 5) is 0. The first-order valence-electron chi connectivity index (χ1n) is 10.8. The average molecular weight is 403 g/mol. The molecule has 0 N–H and O–H groups in total. The molecule has 0 radical (unpaired) electrons. The third-order valence-corrected chi connectivity index (χ3v) is 22.4. The molecule has 0 aromatic carbocycles. The zero-order chi connectivity index (χ0) is 17.6. The standard InChI is InChI=1S/C8H15.3C4H9.Sn/c1-3-5-7-8-6-4-2;3*1-3-4-2;/h3,5,7H,4,6,8H2,1-2H3;3*1,3-4H2,2H3;/b5-3-;;;;/i1D,3D;;;;. The van der Waals surface area contributed by atoms with Crippen LogP contribution >= 0.6 is 0 Å². The van der Waals surface area contributed by atoms with Gasteiger partial charge in [-0.1, -0.05) is 0 Å². The summed E-state index contributed by atoms with van der Waals surface area (Å²) < 4.78 is 20.9. The van der Waals surface area contributed by atoms with Crippen LogP contribution in [0.2, 0.25) is 17.2 Å². The molecule has 0 aliphatic rings. The van der Waals surface area contributed by atoms with Crippen molar-refractivity contribution in [2.75, 3.05) is 0 Å². The maximum atomic E-state index is 8.10. The van der Waals surface area contributed by atoms with Crippen LogP contribution in [0.1, 0.15) is 95.1 Å². The summed E-state index contributed by atoms with van der Waals surface area (Å²) in [5.74, 6) is 0. The molecule has 0 saturated carbocycles. The summed E-state index contributed by atoms with van der Waals surface area (Å²) in [5, 5.41) is 0. The molecule has 0 aliphatic heterocycles. The summed E-state index contributed by atoms with van der Waals surface area (Å²) in [7, 11) is 0. The van der Waals surface area contributed by atoms with Crippen LogP contribution in [0.25, 0.3) is 0 Å². The first-order valence-corrected chi connectivity index (χ1v) is 17.3. The molecule has 21 heavy (non-hydrogen) atoms. The molecule has 0 fully saturated rings. The van der Waals surface area contributed by atoms with Gasteiger partial charge in [0.05, 0.1) is 0 Å². The van der Waals surface area contributed by atoms with E-state index in [-0.39, 0.29) is 6.90 Å². The maximum absolute atomic E-state index is 8.10. The van der Waals surface area contributed by atoms with Gasteiger partial charge in [0.25, 0.3) is 0 Å². The molecule has 0 unspecified atom stereocenters. The van der Waals surface area contributed by atoms with E-state index < -0.39 is 18.4 Å². The van der Waals surface area contributed by atoms with E-state index in [9.17, 15) is 0 Å². The third kappa shape index (κ3) is 8.67. The monoisotopic (exact) mass is 404 g/mol. The topological polar surface area (TPSA) is 0 Å². The second-order valence-electron chi connectivity index (χ2n) is 6.79. The zero-order valence-corrected chi connectivity index (χ0v) is 18.2. The first-order chi connectivity index (χ1) is 11.1. The summed E-state index contributed by atoms with van der Waals surface area (Å²) in [6.07, 6.45) is 14.3. The predicted octanol–water partition coefficient (Wildman–Crippen LogP) is 7.97. The van der Waals surface area contributed by atoms with Gasteiger partial charge in [-0.2, -0.15) is 0 Å². The Morgan fingerprint density at radius 2 is 1.33 bits per heavy atom. The van der Waals surface area contributed by atoms with Gasteiger partial charge in [-0.05, 0) is 0 Å². The third-order valence-electron chi connectivity index (χ3n) is 5.06. The average Bonchev–Trinajstić information content (AvgIpc) is 2.58. The van der Waals surface area contributed by atoms with Gasteiger partial charge >= 0.3 is 143 Å².